The first kappa shape index (κ1) is 14.0. The lowest BCUT2D eigenvalue weighted by molar-refractivity contribution is 0.187. The number of hydrogen-bond acceptors (Lipinski definition) is 4. The van der Waals surface area contributed by atoms with Gasteiger partial charge in [-0.25, -0.2) is 0 Å². The van der Waals surface area contributed by atoms with E-state index < -0.39 is 0 Å². The molecule has 1 aromatic carbocycles. The van der Waals surface area contributed by atoms with E-state index in [0.29, 0.717) is 31.6 Å². The van der Waals surface area contributed by atoms with Crippen molar-refractivity contribution in [2.75, 3.05) is 38.3 Å². The summed E-state index contributed by atoms with van der Waals surface area (Å²) in [4.78, 5) is 4.36. The van der Waals surface area contributed by atoms with Gasteiger partial charge < -0.3 is 25.3 Å². The Morgan fingerprint density at radius 2 is 2.10 bits per heavy atom. The van der Waals surface area contributed by atoms with Gasteiger partial charge in [-0.2, -0.15) is 0 Å². The molecule has 0 saturated carbocycles. The second-order valence-electron chi connectivity index (χ2n) is 5.29. The predicted molar refractivity (Wildman–Crippen MR) is 81.1 cm³/mol. The average molecular weight is 291 g/mol. The molecule has 1 unspecified atom stereocenters. The summed E-state index contributed by atoms with van der Waals surface area (Å²) in [5, 5.41) is 3.09. The predicted octanol–water partition coefficient (Wildman–Crippen LogP) is 1.61. The van der Waals surface area contributed by atoms with Crippen molar-refractivity contribution < 1.29 is 14.2 Å². The summed E-state index contributed by atoms with van der Waals surface area (Å²) < 4.78 is 16.6. The minimum absolute atomic E-state index is 0.413. The van der Waals surface area contributed by atoms with Gasteiger partial charge in [0.15, 0.2) is 17.5 Å². The molecule has 3 rings (SSSR count). The first-order valence-corrected chi connectivity index (χ1v) is 7.35. The van der Waals surface area contributed by atoms with Crippen molar-refractivity contribution >= 4 is 11.6 Å². The van der Waals surface area contributed by atoms with Crippen LogP contribution in [-0.4, -0.2) is 38.9 Å². The highest BCUT2D eigenvalue weighted by atomic mass is 16.5. The fourth-order valence-corrected chi connectivity index (χ4v) is 2.38. The molecule has 0 radical (unpaired) electrons. The van der Waals surface area contributed by atoms with Crippen LogP contribution in [0.1, 0.15) is 12.8 Å². The molecule has 1 atom stereocenters. The van der Waals surface area contributed by atoms with E-state index in [-0.39, 0.29) is 0 Å². The third kappa shape index (κ3) is 3.78. The first-order valence-electron chi connectivity index (χ1n) is 7.35. The lowest BCUT2D eigenvalue weighted by Gasteiger charge is -2.11. The van der Waals surface area contributed by atoms with Crippen molar-refractivity contribution in [3.05, 3.63) is 18.2 Å². The second-order valence-corrected chi connectivity index (χ2v) is 5.29. The summed E-state index contributed by atoms with van der Waals surface area (Å²) in [7, 11) is 0. The smallest absolute Gasteiger partial charge is 0.193 e. The van der Waals surface area contributed by atoms with Crippen LogP contribution in [-0.2, 0) is 4.74 Å². The third-order valence-corrected chi connectivity index (χ3v) is 3.56. The summed E-state index contributed by atoms with van der Waals surface area (Å²) in [5.74, 6) is 2.41. The Balaban J connectivity index is 1.61. The maximum atomic E-state index is 5.92. The number of guanidine groups is 1. The van der Waals surface area contributed by atoms with E-state index in [0.717, 1.165) is 43.2 Å². The normalized spacial score (nSPS) is 21.9. The zero-order chi connectivity index (χ0) is 14.5. The average Bonchev–Trinajstić information content (AvgIpc) is 2.90. The van der Waals surface area contributed by atoms with Gasteiger partial charge in [-0.1, -0.05) is 0 Å². The van der Waals surface area contributed by atoms with E-state index >= 15 is 0 Å². The lowest BCUT2D eigenvalue weighted by atomic mass is 10.1. The maximum Gasteiger partial charge on any atom is 0.193 e. The van der Waals surface area contributed by atoms with Gasteiger partial charge in [-0.15, -0.1) is 0 Å². The van der Waals surface area contributed by atoms with E-state index in [1.165, 1.54) is 0 Å². The van der Waals surface area contributed by atoms with Crippen LogP contribution in [0.3, 0.4) is 0 Å². The fraction of sp³-hybridized carbons (Fsp3) is 0.533. The highest BCUT2D eigenvalue weighted by Gasteiger charge is 2.15. The Hall–Kier alpha value is -1.95. The fourth-order valence-electron chi connectivity index (χ4n) is 2.38. The first-order chi connectivity index (χ1) is 10.3. The minimum Gasteiger partial charge on any atom is -0.490 e. The van der Waals surface area contributed by atoms with E-state index in [1.807, 2.05) is 18.2 Å². The van der Waals surface area contributed by atoms with Gasteiger partial charge >= 0.3 is 0 Å². The van der Waals surface area contributed by atoms with E-state index in [4.69, 9.17) is 19.9 Å². The van der Waals surface area contributed by atoms with E-state index in [2.05, 4.69) is 10.3 Å². The molecule has 0 aromatic heterocycles. The summed E-state index contributed by atoms with van der Waals surface area (Å²) in [6, 6.07) is 5.69. The van der Waals surface area contributed by atoms with Crippen molar-refractivity contribution in [3.63, 3.8) is 0 Å². The number of benzene rings is 1. The molecule has 3 N–H and O–H groups in total. The zero-order valence-corrected chi connectivity index (χ0v) is 12.0. The number of rotatable bonds is 3. The number of ether oxygens (including phenoxy) is 3. The van der Waals surface area contributed by atoms with Gasteiger partial charge in [0, 0.05) is 37.2 Å². The number of nitrogens with zero attached hydrogens (tertiary/aromatic N) is 1. The summed E-state index contributed by atoms with van der Waals surface area (Å²) in [6.07, 6.45) is 1.95. The molecular weight excluding hydrogens is 270 g/mol. The van der Waals surface area contributed by atoms with Crippen molar-refractivity contribution in [2.24, 2.45) is 16.6 Å². The van der Waals surface area contributed by atoms with Crippen molar-refractivity contribution in [1.29, 1.82) is 0 Å². The van der Waals surface area contributed by atoms with Crippen LogP contribution in [0.4, 0.5) is 5.69 Å². The Morgan fingerprint density at radius 1 is 1.24 bits per heavy atom. The summed E-state index contributed by atoms with van der Waals surface area (Å²) in [6.45, 7) is 3.66. The molecule has 2 aliphatic heterocycles. The van der Waals surface area contributed by atoms with E-state index in [9.17, 15) is 0 Å². The van der Waals surface area contributed by atoms with Gasteiger partial charge in [-0.05, 0) is 18.6 Å². The van der Waals surface area contributed by atoms with Crippen LogP contribution in [0.25, 0.3) is 0 Å². The molecule has 2 heterocycles. The lowest BCUT2D eigenvalue weighted by Crippen LogP contribution is -2.24. The highest BCUT2D eigenvalue weighted by Crippen LogP contribution is 2.32. The Morgan fingerprint density at radius 3 is 2.90 bits per heavy atom. The van der Waals surface area contributed by atoms with Gasteiger partial charge in [0.1, 0.15) is 0 Å². The summed E-state index contributed by atoms with van der Waals surface area (Å²) >= 11 is 0. The monoisotopic (exact) mass is 291 g/mol. The highest BCUT2D eigenvalue weighted by molar-refractivity contribution is 5.92. The third-order valence-electron chi connectivity index (χ3n) is 3.56. The van der Waals surface area contributed by atoms with E-state index in [1.54, 1.807) is 0 Å². The standard InChI is InChI=1S/C15H21N3O3/c16-15(17-9-11-4-7-19-10-11)18-12-2-3-13-14(8-12)21-6-1-5-20-13/h2-3,8,11H,1,4-7,9-10H2,(H3,16,17,18). The minimum atomic E-state index is 0.413. The van der Waals surface area contributed by atoms with Crippen molar-refractivity contribution in [3.8, 4) is 11.5 Å². The number of anilines is 1. The van der Waals surface area contributed by atoms with Crippen LogP contribution < -0.4 is 20.5 Å². The topological polar surface area (TPSA) is 78.1 Å². The van der Waals surface area contributed by atoms with Crippen LogP contribution in [0.2, 0.25) is 0 Å². The molecule has 0 spiro atoms. The summed E-state index contributed by atoms with van der Waals surface area (Å²) in [5.41, 5.74) is 6.77. The Bertz CT molecular complexity index is 513. The van der Waals surface area contributed by atoms with Crippen LogP contribution in [0.15, 0.2) is 23.2 Å². The molecule has 114 valence electrons. The molecule has 2 aliphatic rings. The molecule has 6 nitrogen and oxygen atoms in total. The van der Waals surface area contributed by atoms with Crippen LogP contribution in [0, 0.1) is 5.92 Å². The van der Waals surface area contributed by atoms with Gasteiger partial charge in [-0.3, -0.25) is 4.99 Å². The van der Waals surface area contributed by atoms with Crippen LogP contribution in [0.5, 0.6) is 11.5 Å². The van der Waals surface area contributed by atoms with Gasteiger partial charge in [0.2, 0.25) is 0 Å². The van der Waals surface area contributed by atoms with Crippen molar-refractivity contribution in [2.45, 2.75) is 12.8 Å². The molecule has 0 amide bonds. The zero-order valence-electron chi connectivity index (χ0n) is 12.0. The second kappa shape index (κ2) is 6.67. The number of nitrogens with two attached hydrogens (primary N) is 1. The number of fused-ring (bicyclic) bond motifs is 1. The molecular formula is C15H21N3O3. The quantitative estimate of drug-likeness (QED) is 0.653. The molecule has 6 heteroatoms. The maximum absolute atomic E-state index is 5.92. The Kier molecular flexibility index (Phi) is 4.45. The SMILES string of the molecule is NC(=NCC1CCOC1)Nc1ccc2c(c1)OCCCO2. The van der Waals surface area contributed by atoms with Gasteiger partial charge in [0.25, 0.3) is 0 Å². The largest absolute Gasteiger partial charge is 0.490 e. The molecule has 1 saturated heterocycles. The molecule has 1 aromatic rings. The molecule has 0 bridgehead atoms. The van der Waals surface area contributed by atoms with Gasteiger partial charge in [0.05, 0.1) is 19.8 Å². The molecule has 0 aliphatic carbocycles. The number of hydrogen-bond donors (Lipinski definition) is 2. The number of aliphatic imine (C=N–C) groups is 1. The number of nitrogens with one attached hydrogen (secondary N) is 1. The van der Waals surface area contributed by atoms with Crippen LogP contribution >= 0.6 is 0 Å². The molecule has 21 heavy (non-hydrogen) atoms. The molecule has 1 fully saturated rings. The van der Waals surface area contributed by atoms with Crippen molar-refractivity contribution in [1.82, 2.24) is 0 Å². The Labute approximate surface area is 124 Å².